The average Bonchev–Trinajstić information content (AvgIpc) is 3.56. The van der Waals surface area contributed by atoms with Gasteiger partial charge in [0.05, 0.1) is 12.7 Å². The van der Waals surface area contributed by atoms with Crippen LogP contribution in [0.3, 0.4) is 0 Å². The van der Waals surface area contributed by atoms with Crippen LogP contribution in [0.4, 0.5) is 17.6 Å². The van der Waals surface area contributed by atoms with Gasteiger partial charge in [0.25, 0.3) is 0 Å². The lowest BCUT2D eigenvalue weighted by molar-refractivity contribution is -0.109. The predicted molar refractivity (Wildman–Crippen MR) is 126 cm³/mol. The Kier molecular flexibility index (Phi) is 6.07. The first kappa shape index (κ1) is 21.6. The van der Waals surface area contributed by atoms with E-state index in [1.54, 1.807) is 6.20 Å². The minimum absolute atomic E-state index is 0.425. The molecule has 9 heteroatoms. The van der Waals surface area contributed by atoms with Gasteiger partial charge in [0, 0.05) is 30.8 Å². The maximum atomic E-state index is 10.8. The molecule has 1 saturated heterocycles. The van der Waals surface area contributed by atoms with Crippen molar-refractivity contribution in [1.29, 1.82) is 0 Å². The highest BCUT2D eigenvalue weighted by Gasteiger charge is 2.39. The number of rotatable bonds is 7. The lowest BCUT2D eigenvalue weighted by Crippen LogP contribution is -2.45. The second-order valence-electron chi connectivity index (χ2n) is 9.78. The topological polar surface area (TPSA) is 90.0 Å². The molecule has 32 heavy (non-hydrogen) atoms. The number of anilines is 3. The molecule has 0 radical (unpaired) electrons. The zero-order chi connectivity index (χ0) is 22.1. The van der Waals surface area contributed by atoms with E-state index in [0.717, 1.165) is 38.0 Å². The van der Waals surface area contributed by atoms with Crippen molar-refractivity contribution in [3.05, 3.63) is 23.0 Å². The number of likely N-dealkylation sites (tertiary alicyclic amines) is 1. The Labute approximate surface area is 194 Å². The second-order valence-corrected chi connectivity index (χ2v) is 10.2. The summed E-state index contributed by atoms with van der Waals surface area (Å²) in [4.78, 5) is 24.5. The monoisotopic (exact) mass is 457 g/mol. The van der Waals surface area contributed by atoms with Gasteiger partial charge in [-0.15, -0.1) is 0 Å². The van der Waals surface area contributed by atoms with Crippen molar-refractivity contribution in [2.24, 2.45) is 5.41 Å². The fourth-order valence-corrected chi connectivity index (χ4v) is 5.46. The summed E-state index contributed by atoms with van der Waals surface area (Å²) in [6.07, 6.45) is 12.3. The van der Waals surface area contributed by atoms with Crippen LogP contribution in [0.25, 0.3) is 0 Å². The van der Waals surface area contributed by atoms with Crippen LogP contribution in [0.1, 0.15) is 63.0 Å². The molecule has 1 spiro atoms. The van der Waals surface area contributed by atoms with Gasteiger partial charge >= 0.3 is 0 Å². The number of aromatic amines is 1. The van der Waals surface area contributed by atoms with Crippen LogP contribution < -0.4 is 10.2 Å². The summed E-state index contributed by atoms with van der Waals surface area (Å²) < 4.78 is 0. The molecule has 0 unspecified atom stereocenters. The fourth-order valence-electron chi connectivity index (χ4n) is 5.32. The number of carbonyl (C=O) groups excluding carboxylic acids is 1. The van der Waals surface area contributed by atoms with E-state index in [9.17, 15) is 4.79 Å². The number of nitrogens with one attached hydrogen (secondary N) is 2. The van der Waals surface area contributed by atoms with Crippen molar-refractivity contribution in [3.8, 4) is 0 Å². The van der Waals surface area contributed by atoms with Crippen molar-refractivity contribution < 1.29 is 4.79 Å². The molecule has 3 aliphatic rings. The normalized spacial score (nSPS) is 21.6. The number of hydrogen-bond donors (Lipinski definition) is 2. The molecule has 172 valence electrons. The molecule has 8 nitrogen and oxygen atoms in total. The molecule has 0 aromatic carbocycles. The quantitative estimate of drug-likeness (QED) is 0.604. The smallest absolute Gasteiger partial charge is 0.227 e. The molecule has 0 bridgehead atoms. The summed E-state index contributed by atoms with van der Waals surface area (Å²) in [6, 6.07) is 2.47. The Morgan fingerprint density at radius 2 is 2.00 bits per heavy atom. The van der Waals surface area contributed by atoms with E-state index in [2.05, 4.69) is 37.3 Å². The summed E-state index contributed by atoms with van der Waals surface area (Å²) in [5.74, 6) is 2.64. The van der Waals surface area contributed by atoms with Gasteiger partial charge in [-0.1, -0.05) is 11.6 Å². The maximum Gasteiger partial charge on any atom is 0.227 e. The van der Waals surface area contributed by atoms with Crippen molar-refractivity contribution in [2.75, 3.05) is 36.9 Å². The third-order valence-electron chi connectivity index (χ3n) is 7.72. The molecule has 2 N–H and O–H groups in total. The molecule has 0 atom stereocenters. The number of aldehydes is 1. The van der Waals surface area contributed by atoms with E-state index in [-0.39, 0.29) is 0 Å². The molecule has 2 saturated carbocycles. The third-order valence-corrected chi connectivity index (χ3v) is 8.00. The number of hydrogen-bond acceptors (Lipinski definition) is 7. The summed E-state index contributed by atoms with van der Waals surface area (Å²) in [6.45, 7) is 2.67. The summed E-state index contributed by atoms with van der Waals surface area (Å²) in [7, 11) is 2.09. The number of aromatic nitrogens is 4. The van der Waals surface area contributed by atoms with Crippen LogP contribution in [-0.2, 0) is 4.79 Å². The molecule has 2 aromatic heterocycles. The minimum Gasteiger partial charge on any atom is -0.341 e. The van der Waals surface area contributed by atoms with Crippen LogP contribution in [0, 0.1) is 5.41 Å². The summed E-state index contributed by atoms with van der Waals surface area (Å²) in [5.41, 5.74) is 1.62. The lowest BCUT2D eigenvalue weighted by Gasteiger charge is -2.47. The van der Waals surface area contributed by atoms with Crippen LogP contribution in [-0.4, -0.2) is 64.1 Å². The zero-order valence-electron chi connectivity index (χ0n) is 18.7. The third kappa shape index (κ3) is 4.62. The highest BCUT2D eigenvalue weighted by atomic mass is 35.5. The van der Waals surface area contributed by atoms with Gasteiger partial charge in [0.1, 0.15) is 11.3 Å². The van der Waals surface area contributed by atoms with Gasteiger partial charge in [0.2, 0.25) is 5.95 Å². The van der Waals surface area contributed by atoms with Crippen LogP contribution in [0.15, 0.2) is 12.3 Å². The average molecular weight is 458 g/mol. The molecular formula is C23H32ClN7O. The van der Waals surface area contributed by atoms with Gasteiger partial charge in [-0.2, -0.15) is 10.1 Å². The summed E-state index contributed by atoms with van der Waals surface area (Å²) >= 11 is 6.38. The largest absolute Gasteiger partial charge is 0.341 e. The van der Waals surface area contributed by atoms with E-state index in [1.165, 1.54) is 44.2 Å². The number of nitrogens with zero attached hydrogens (tertiary/aromatic N) is 5. The van der Waals surface area contributed by atoms with Crippen molar-refractivity contribution >= 4 is 35.5 Å². The SMILES string of the molecule is CN(c1ncc(Cl)c(Nc2cc(C3CC3)[nH]n2)n1)C1CCC2(CC1)CCN(CC=O)CC2. The highest BCUT2D eigenvalue weighted by Crippen LogP contribution is 2.45. The van der Waals surface area contributed by atoms with Crippen LogP contribution in [0.2, 0.25) is 5.02 Å². The standard InChI is InChI=1S/C23H32ClN7O/c1-30(17-4-6-23(7-5-17)8-10-31(11-9-23)12-13-32)22-25-15-18(24)21(27-22)26-20-14-19(28-29-20)16-2-3-16/h13-17H,2-12H2,1H3,(H2,25,26,27,28,29). The molecule has 1 aliphatic heterocycles. The second kappa shape index (κ2) is 8.98. The number of halogens is 1. The Bertz CT molecular complexity index is 942. The lowest BCUT2D eigenvalue weighted by atomic mass is 9.67. The first-order valence-corrected chi connectivity index (χ1v) is 12.2. The van der Waals surface area contributed by atoms with Gasteiger partial charge in [-0.3, -0.25) is 10.00 Å². The Balaban J connectivity index is 1.20. The molecule has 0 amide bonds. The minimum atomic E-state index is 0.425. The zero-order valence-corrected chi connectivity index (χ0v) is 19.4. The molecule has 3 heterocycles. The van der Waals surface area contributed by atoms with Gasteiger partial charge < -0.3 is 15.0 Å². The first-order chi connectivity index (χ1) is 15.5. The van der Waals surface area contributed by atoms with E-state index in [4.69, 9.17) is 16.6 Å². The van der Waals surface area contributed by atoms with E-state index in [1.807, 2.05) is 6.07 Å². The van der Waals surface area contributed by atoms with Crippen molar-refractivity contribution in [3.63, 3.8) is 0 Å². The Morgan fingerprint density at radius 1 is 1.25 bits per heavy atom. The van der Waals surface area contributed by atoms with Crippen molar-refractivity contribution in [1.82, 2.24) is 25.1 Å². The Morgan fingerprint density at radius 3 is 2.69 bits per heavy atom. The van der Waals surface area contributed by atoms with Crippen LogP contribution in [0.5, 0.6) is 0 Å². The predicted octanol–water partition coefficient (Wildman–Crippen LogP) is 4.13. The molecule has 2 aliphatic carbocycles. The van der Waals surface area contributed by atoms with Crippen LogP contribution >= 0.6 is 11.6 Å². The van der Waals surface area contributed by atoms with Gasteiger partial charge in [0.15, 0.2) is 11.6 Å². The number of piperidine rings is 1. The van der Waals surface area contributed by atoms with Crippen molar-refractivity contribution in [2.45, 2.75) is 63.3 Å². The molecule has 5 rings (SSSR count). The van der Waals surface area contributed by atoms with E-state index < -0.39 is 0 Å². The number of H-pyrrole nitrogens is 1. The molecule has 3 fully saturated rings. The fraction of sp³-hybridized carbons (Fsp3) is 0.652. The van der Waals surface area contributed by atoms with E-state index >= 15 is 0 Å². The highest BCUT2D eigenvalue weighted by molar-refractivity contribution is 6.32. The summed E-state index contributed by atoms with van der Waals surface area (Å²) in [5, 5.41) is 11.2. The first-order valence-electron chi connectivity index (χ1n) is 11.8. The van der Waals surface area contributed by atoms with E-state index in [0.29, 0.717) is 40.7 Å². The molecular weight excluding hydrogens is 426 g/mol. The van der Waals surface area contributed by atoms with Gasteiger partial charge in [-0.25, -0.2) is 4.98 Å². The number of carbonyl (C=O) groups is 1. The Hall–Kier alpha value is -2.19. The van der Waals surface area contributed by atoms with Gasteiger partial charge in [-0.05, 0) is 69.9 Å². The maximum absolute atomic E-state index is 10.8. The molecule has 2 aromatic rings.